The van der Waals surface area contributed by atoms with Crippen LogP contribution in [0, 0.1) is 0 Å². The number of rotatable bonds is 4. The van der Waals surface area contributed by atoms with Gasteiger partial charge < -0.3 is 15.3 Å². The average molecular weight is 223 g/mol. The summed E-state index contributed by atoms with van der Waals surface area (Å²) in [6.07, 6.45) is 1.37. The molecule has 86 valence electrons. The van der Waals surface area contributed by atoms with Crippen molar-refractivity contribution in [2.24, 2.45) is 0 Å². The molecular weight excluding hydrogens is 210 g/mol. The molecule has 16 heavy (non-hydrogen) atoms. The summed E-state index contributed by atoms with van der Waals surface area (Å²) in [7, 11) is 3.50. The molecule has 0 spiro atoms. The van der Waals surface area contributed by atoms with E-state index in [0.717, 1.165) is 0 Å². The van der Waals surface area contributed by atoms with Gasteiger partial charge in [0.1, 0.15) is 0 Å². The van der Waals surface area contributed by atoms with Gasteiger partial charge in [-0.05, 0) is 26.2 Å². The molecule has 0 radical (unpaired) electrons. The van der Waals surface area contributed by atoms with Gasteiger partial charge in [-0.3, -0.25) is 4.79 Å². The van der Waals surface area contributed by atoms with Crippen LogP contribution in [0.3, 0.4) is 0 Å². The van der Waals surface area contributed by atoms with E-state index in [0.29, 0.717) is 0 Å². The van der Waals surface area contributed by atoms with Crippen molar-refractivity contribution in [2.45, 2.75) is 0 Å². The first-order valence-corrected chi connectivity index (χ1v) is 4.63. The SMILES string of the molecule is CN(C)CC(=O)Nc1cccnc1C(=O)O. The third-order valence-corrected chi connectivity index (χ3v) is 1.74. The topological polar surface area (TPSA) is 82.5 Å². The molecule has 1 aromatic rings. The summed E-state index contributed by atoms with van der Waals surface area (Å²) in [6, 6.07) is 3.07. The highest BCUT2D eigenvalue weighted by atomic mass is 16.4. The van der Waals surface area contributed by atoms with E-state index in [9.17, 15) is 9.59 Å². The smallest absolute Gasteiger partial charge is 0.356 e. The number of carbonyl (C=O) groups excluding carboxylic acids is 1. The summed E-state index contributed by atoms with van der Waals surface area (Å²) in [5, 5.41) is 11.3. The number of carboxylic acid groups (broad SMARTS) is 1. The molecule has 1 amide bonds. The first kappa shape index (κ1) is 12.1. The zero-order chi connectivity index (χ0) is 12.1. The summed E-state index contributed by atoms with van der Waals surface area (Å²) < 4.78 is 0. The Morgan fingerprint density at radius 3 is 2.75 bits per heavy atom. The molecule has 6 heteroatoms. The van der Waals surface area contributed by atoms with Gasteiger partial charge in [-0.1, -0.05) is 0 Å². The number of pyridine rings is 1. The predicted molar refractivity (Wildman–Crippen MR) is 58.4 cm³/mol. The van der Waals surface area contributed by atoms with E-state index < -0.39 is 5.97 Å². The first-order chi connectivity index (χ1) is 7.50. The van der Waals surface area contributed by atoms with Crippen molar-refractivity contribution in [1.29, 1.82) is 0 Å². The van der Waals surface area contributed by atoms with Crippen molar-refractivity contribution in [1.82, 2.24) is 9.88 Å². The molecule has 0 saturated heterocycles. The standard InChI is InChI=1S/C10H13N3O3/c1-13(2)6-8(14)12-7-4-3-5-11-9(7)10(15)16/h3-5H,6H2,1-2H3,(H,12,14)(H,15,16). The number of carboxylic acids is 1. The van der Waals surface area contributed by atoms with E-state index in [-0.39, 0.29) is 23.8 Å². The summed E-state index contributed by atoms with van der Waals surface area (Å²) in [5.41, 5.74) is 0.0523. The number of nitrogens with one attached hydrogen (secondary N) is 1. The Morgan fingerprint density at radius 1 is 1.50 bits per heavy atom. The Bertz CT molecular complexity index is 404. The number of aromatic nitrogens is 1. The van der Waals surface area contributed by atoms with Gasteiger partial charge in [0.25, 0.3) is 0 Å². The first-order valence-electron chi connectivity index (χ1n) is 4.63. The van der Waals surface area contributed by atoms with Gasteiger partial charge in [-0.15, -0.1) is 0 Å². The zero-order valence-electron chi connectivity index (χ0n) is 9.10. The molecule has 0 aromatic carbocycles. The Labute approximate surface area is 92.9 Å². The fourth-order valence-electron chi connectivity index (χ4n) is 1.15. The monoisotopic (exact) mass is 223 g/mol. The van der Waals surface area contributed by atoms with Gasteiger partial charge in [0.05, 0.1) is 12.2 Å². The number of amides is 1. The summed E-state index contributed by atoms with van der Waals surface area (Å²) in [5.74, 6) is -1.44. The second-order valence-electron chi connectivity index (χ2n) is 3.49. The lowest BCUT2D eigenvalue weighted by Crippen LogP contribution is -2.27. The van der Waals surface area contributed by atoms with E-state index in [1.807, 2.05) is 0 Å². The van der Waals surface area contributed by atoms with Crippen molar-refractivity contribution in [2.75, 3.05) is 26.0 Å². The van der Waals surface area contributed by atoms with Crippen LogP contribution in [0.1, 0.15) is 10.5 Å². The van der Waals surface area contributed by atoms with Crippen LogP contribution >= 0.6 is 0 Å². The van der Waals surface area contributed by atoms with Crippen LogP contribution in [0.2, 0.25) is 0 Å². The van der Waals surface area contributed by atoms with Crippen molar-refractivity contribution in [3.63, 3.8) is 0 Å². The number of hydrogen-bond acceptors (Lipinski definition) is 4. The highest BCUT2D eigenvalue weighted by Gasteiger charge is 2.13. The minimum atomic E-state index is -1.17. The van der Waals surface area contributed by atoms with Crippen molar-refractivity contribution in [3.05, 3.63) is 24.0 Å². The van der Waals surface area contributed by atoms with Crippen LogP contribution in [0.5, 0.6) is 0 Å². The largest absolute Gasteiger partial charge is 0.476 e. The third kappa shape index (κ3) is 3.32. The van der Waals surface area contributed by atoms with Crippen LogP contribution in [-0.2, 0) is 4.79 Å². The molecule has 0 aliphatic heterocycles. The second kappa shape index (κ2) is 5.22. The lowest BCUT2D eigenvalue weighted by molar-refractivity contribution is -0.116. The van der Waals surface area contributed by atoms with E-state index in [1.54, 1.807) is 25.1 Å². The maximum absolute atomic E-state index is 11.4. The van der Waals surface area contributed by atoms with E-state index in [1.165, 1.54) is 12.3 Å². The Kier molecular flexibility index (Phi) is 3.96. The summed E-state index contributed by atoms with van der Waals surface area (Å²) >= 11 is 0. The Hall–Kier alpha value is -1.95. The van der Waals surface area contributed by atoms with Gasteiger partial charge in [0.15, 0.2) is 5.69 Å². The zero-order valence-corrected chi connectivity index (χ0v) is 9.10. The van der Waals surface area contributed by atoms with Gasteiger partial charge in [0.2, 0.25) is 5.91 Å². The molecule has 6 nitrogen and oxygen atoms in total. The lowest BCUT2D eigenvalue weighted by atomic mass is 10.3. The molecule has 0 bridgehead atoms. The fourth-order valence-corrected chi connectivity index (χ4v) is 1.15. The molecule has 1 rings (SSSR count). The fraction of sp³-hybridized carbons (Fsp3) is 0.300. The Balaban J connectivity index is 2.81. The van der Waals surface area contributed by atoms with E-state index in [2.05, 4.69) is 10.3 Å². The predicted octanol–water partition coefficient (Wildman–Crippen LogP) is 0.280. The molecule has 1 aromatic heterocycles. The molecule has 0 fully saturated rings. The van der Waals surface area contributed by atoms with Crippen molar-refractivity contribution >= 4 is 17.6 Å². The Morgan fingerprint density at radius 2 is 2.19 bits per heavy atom. The van der Waals surface area contributed by atoms with Crippen LogP contribution < -0.4 is 5.32 Å². The summed E-state index contributed by atoms with van der Waals surface area (Å²) in [4.78, 5) is 27.6. The number of anilines is 1. The molecule has 0 saturated carbocycles. The van der Waals surface area contributed by atoms with Crippen LogP contribution in [0.15, 0.2) is 18.3 Å². The van der Waals surface area contributed by atoms with Crippen molar-refractivity contribution < 1.29 is 14.7 Å². The molecular formula is C10H13N3O3. The number of carbonyl (C=O) groups is 2. The molecule has 0 unspecified atom stereocenters. The quantitative estimate of drug-likeness (QED) is 0.766. The third-order valence-electron chi connectivity index (χ3n) is 1.74. The second-order valence-corrected chi connectivity index (χ2v) is 3.49. The lowest BCUT2D eigenvalue weighted by Gasteiger charge is -2.10. The number of aromatic carboxylic acids is 1. The van der Waals surface area contributed by atoms with Crippen LogP contribution in [-0.4, -0.2) is 47.5 Å². The highest BCUT2D eigenvalue weighted by molar-refractivity contribution is 5.99. The number of nitrogens with zero attached hydrogens (tertiary/aromatic N) is 2. The van der Waals surface area contributed by atoms with Crippen molar-refractivity contribution in [3.8, 4) is 0 Å². The van der Waals surface area contributed by atoms with E-state index in [4.69, 9.17) is 5.11 Å². The van der Waals surface area contributed by atoms with Gasteiger partial charge in [-0.25, -0.2) is 9.78 Å². The van der Waals surface area contributed by atoms with Gasteiger partial charge >= 0.3 is 5.97 Å². The molecule has 1 heterocycles. The molecule has 0 aliphatic carbocycles. The molecule has 0 atom stereocenters. The highest BCUT2D eigenvalue weighted by Crippen LogP contribution is 2.11. The van der Waals surface area contributed by atoms with Gasteiger partial charge in [-0.2, -0.15) is 0 Å². The van der Waals surface area contributed by atoms with Crippen LogP contribution in [0.4, 0.5) is 5.69 Å². The average Bonchev–Trinajstić information content (AvgIpc) is 2.16. The minimum Gasteiger partial charge on any atom is -0.476 e. The number of likely N-dealkylation sites (N-methyl/N-ethyl adjacent to an activating group) is 1. The normalized spacial score (nSPS) is 10.2. The summed E-state index contributed by atoms with van der Waals surface area (Å²) in [6.45, 7) is 0.188. The van der Waals surface area contributed by atoms with E-state index >= 15 is 0 Å². The molecule has 2 N–H and O–H groups in total. The van der Waals surface area contributed by atoms with Gasteiger partial charge in [0, 0.05) is 6.20 Å². The maximum atomic E-state index is 11.4. The minimum absolute atomic E-state index is 0.158. The maximum Gasteiger partial charge on any atom is 0.356 e. The number of hydrogen-bond donors (Lipinski definition) is 2. The van der Waals surface area contributed by atoms with Crippen LogP contribution in [0.25, 0.3) is 0 Å². The molecule has 0 aliphatic rings.